The van der Waals surface area contributed by atoms with Crippen LogP contribution in [0.3, 0.4) is 0 Å². The number of nitrogens with zero attached hydrogens (tertiary/aromatic N) is 2. The van der Waals surface area contributed by atoms with E-state index < -0.39 is 5.97 Å². The summed E-state index contributed by atoms with van der Waals surface area (Å²) in [4.78, 5) is 18.4. The lowest BCUT2D eigenvalue weighted by Gasteiger charge is -2.03. The number of H-pyrrole nitrogens is 1. The highest BCUT2D eigenvalue weighted by Gasteiger charge is 2.17. The second-order valence-electron chi connectivity index (χ2n) is 3.29. The molecule has 0 fully saturated rings. The Hall–Kier alpha value is -2.61. The minimum Gasteiger partial charge on any atom is -0.465 e. The zero-order valence-electron chi connectivity index (χ0n) is 9.10. The summed E-state index contributed by atoms with van der Waals surface area (Å²) in [6.45, 7) is 0. The van der Waals surface area contributed by atoms with Crippen LogP contribution in [0.2, 0.25) is 0 Å². The minimum atomic E-state index is -0.462. The number of hydrogen-bond donors (Lipinski definition) is 1. The molecule has 17 heavy (non-hydrogen) atoms. The summed E-state index contributed by atoms with van der Waals surface area (Å²) in [7, 11) is 1.31. The maximum absolute atomic E-state index is 11.5. The molecule has 5 nitrogen and oxygen atoms in total. The largest absolute Gasteiger partial charge is 0.465 e. The number of ether oxygens (including phenoxy) is 1. The maximum atomic E-state index is 11.5. The van der Waals surface area contributed by atoms with Gasteiger partial charge < -0.3 is 9.72 Å². The summed E-state index contributed by atoms with van der Waals surface area (Å²) >= 11 is 0. The van der Waals surface area contributed by atoms with Gasteiger partial charge >= 0.3 is 5.97 Å². The molecule has 2 heterocycles. The molecule has 0 unspecified atom stereocenters. The van der Waals surface area contributed by atoms with E-state index in [1.165, 1.54) is 13.3 Å². The van der Waals surface area contributed by atoms with Gasteiger partial charge in [0, 0.05) is 24.2 Å². The molecule has 2 rings (SSSR count). The summed E-state index contributed by atoms with van der Waals surface area (Å²) in [6, 6.07) is 5.36. The predicted octanol–water partition coefficient (Wildman–Crippen LogP) is 1.73. The summed E-state index contributed by atoms with van der Waals surface area (Å²) in [5.74, 6) is -0.462. The molecule has 1 N–H and O–H groups in total. The van der Waals surface area contributed by atoms with Crippen molar-refractivity contribution in [2.75, 3.05) is 7.11 Å². The van der Waals surface area contributed by atoms with Crippen LogP contribution in [0.15, 0.2) is 30.7 Å². The van der Waals surface area contributed by atoms with Gasteiger partial charge in [-0.1, -0.05) is 0 Å². The molecule has 0 bridgehead atoms. The van der Waals surface area contributed by atoms with Crippen molar-refractivity contribution in [3.8, 4) is 17.3 Å². The van der Waals surface area contributed by atoms with Gasteiger partial charge in [0.2, 0.25) is 0 Å². The third-order valence-corrected chi connectivity index (χ3v) is 2.33. The van der Waals surface area contributed by atoms with Crippen molar-refractivity contribution in [1.29, 1.82) is 5.26 Å². The monoisotopic (exact) mass is 227 g/mol. The average Bonchev–Trinajstić information content (AvgIpc) is 2.86. The van der Waals surface area contributed by atoms with E-state index >= 15 is 0 Å². The van der Waals surface area contributed by atoms with Crippen molar-refractivity contribution in [1.82, 2.24) is 9.97 Å². The Kier molecular flexibility index (Phi) is 2.88. The van der Waals surface area contributed by atoms with Crippen molar-refractivity contribution < 1.29 is 9.53 Å². The number of nitriles is 1. The fourth-order valence-corrected chi connectivity index (χ4v) is 1.55. The Morgan fingerprint density at radius 1 is 1.53 bits per heavy atom. The third-order valence-electron chi connectivity index (χ3n) is 2.33. The van der Waals surface area contributed by atoms with Crippen molar-refractivity contribution in [2.24, 2.45) is 0 Å². The maximum Gasteiger partial charge on any atom is 0.340 e. The van der Waals surface area contributed by atoms with Crippen molar-refractivity contribution in [2.45, 2.75) is 0 Å². The lowest BCUT2D eigenvalue weighted by atomic mass is 10.1. The van der Waals surface area contributed by atoms with Crippen LogP contribution < -0.4 is 0 Å². The van der Waals surface area contributed by atoms with Gasteiger partial charge in [-0.05, 0) is 12.1 Å². The number of carbonyl (C=O) groups excluding carboxylic acids is 1. The Bertz CT molecular complexity index is 596. The van der Waals surface area contributed by atoms with Crippen LogP contribution in [-0.2, 0) is 4.74 Å². The molecule has 0 aromatic carbocycles. The SMILES string of the molecule is COC(=O)c1c[nH]cc1-c1ncccc1C#N. The van der Waals surface area contributed by atoms with Crippen LogP contribution in [0.4, 0.5) is 0 Å². The lowest BCUT2D eigenvalue weighted by Crippen LogP contribution is -2.02. The number of rotatable bonds is 2. The number of carbonyl (C=O) groups is 1. The zero-order chi connectivity index (χ0) is 12.3. The fraction of sp³-hybridized carbons (Fsp3) is 0.0833. The first-order valence-electron chi connectivity index (χ1n) is 4.88. The molecule has 0 radical (unpaired) electrons. The molecular weight excluding hydrogens is 218 g/mol. The summed E-state index contributed by atoms with van der Waals surface area (Å²) in [5, 5.41) is 8.99. The second-order valence-corrected chi connectivity index (χ2v) is 3.29. The molecule has 5 heteroatoms. The molecule has 0 amide bonds. The number of methoxy groups -OCH3 is 1. The van der Waals surface area contributed by atoms with Gasteiger partial charge in [-0.2, -0.15) is 5.26 Å². The second kappa shape index (κ2) is 4.49. The number of pyridine rings is 1. The third kappa shape index (κ3) is 1.88. The molecular formula is C12H9N3O2. The van der Waals surface area contributed by atoms with E-state index in [1.807, 2.05) is 6.07 Å². The van der Waals surface area contributed by atoms with Crippen LogP contribution in [0, 0.1) is 11.3 Å². The standard InChI is InChI=1S/C12H9N3O2/c1-17-12(16)10-7-14-6-9(10)11-8(5-13)3-2-4-15-11/h2-4,6-7,14H,1H3. The zero-order valence-corrected chi connectivity index (χ0v) is 9.10. The number of nitrogens with one attached hydrogen (secondary N) is 1. The van der Waals surface area contributed by atoms with Crippen LogP contribution in [0.1, 0.15) is 15.9 Å². The first kappa shape index (κ1) is 10.9. The normalized spacial score (nSPS) is 9.65. The molecule has 84 valence electrons. The highest BCUT2D eigenvalue weighted by molar-refractivity contribution is 5.97. The van der Waals surface area contributed by atoms with Gasteiger partial charge in [0.25, 0.3) is 0 Å². The Morgan fingerprint density at radius 2 is 2.35 bits per heavy atom. The van der Waals surface area contributed by atoms with Gasteiger partial charge in [0.15, 0.2) is 0 Å². The average molecular weight is 227 g/mol. The van der Waals surface area contributed by atoms with E-state index in [-0.39, 0.29) is 0 Å². The topological polar surface area (TPSA) is 78.8 Å². The Balaban J connectivity index is 2.58. The van der Waals surface area contributed by atoms with E-state index in [4.69, 9.17) is 5.26 Å². The number of hydrogen-bond acceptors (Lipinski definition) is 4. The smallest absolute Gasteiger partial charge is 0.340 e. The predicted molar refractivity (Wildman–Crippen MR) is 60.1 cm³/mol. The number of esters is 1. The van der Waals surface area contributed by atoms with Crippen molar-refractivity contribution in [3.63, 3.8) is 0 Å². The molecule has 0 aliphatic carbocycles. The molecule has 2 aromatic rings. The molecule has 0 atom stereocenters. The van der Waals surface area contributed by atoms with Crippen molar-refractivity contribution in [3.05, 3.63) is 41.9 Å². The number of aromatic nitrogens is 2. The summed E-state index contributed by atoms with van der Waals surface area (Å²) in [5.41, 5.74) is 1.81. The van der Waals surface area contributed by atoms with E-state index in [9.17, 15) is 4.79 Å². The van der Waals surface area contributed by atoms with E-state index in [0.29, 0.717) is 22.4 Å². The van der Waals surface area contributed by atoms with E-state index in [1.54, 1.807) is 24.5 Å². The lowest BCUT2D eigenvalue weighted by molar-refractivity contribution is 0.0602. The van der Waals surface area contributed by atoms with E-state index in [0.717, 1.165) is 0 Å². The van der Waals surface area contributed by atoms with E-state index in [2.05, 4.69) is 14.7 Å². The summed E-state index contributed by atoms with van der Waals surface area (Å²) in [6.07, 6.45) is 4.72. The van der Waals surface area contributed by atoms with Gasteiger partial charge in [-0.3, -0.25) is 4.98 Å². The highest BCUT2D eigenvalue weighted by Crippen LogP contribution is 2.24. The number of aromatic amines is 1. The molecule has 0 aliphatic heterocycles. The highest BCUT2D eigenvalue weighted by atomic mass is 16.5. The van der Waals surface area contributed by atoms with Crippen LogP contribution >= 0.6 is 0 Å². The van der Waals surface area contributed by atoms with Crippen LogP contribution in [0.5, 0.6) is 0 Å². The Morgan fingerprint density at radius 3 is 3.06 bits per heavy atom. The van der Waals surface area contributed by atoms with Gasteiger partial charge in [-0.25, -0.2) is 4.79 Å². The quantitative estimate of drug-likeness (QED) is 0.792. The summed E-state index contributed by atoms with van der Waals surface area (Å²) < 4.78 is 4.66. The first-order chi connectivity index (χ1) is 8.27. The molecule has 0 saturated heterocycles. The van der Waals surface area contributed by atoms with Gasteiger partial charge in [0.05, 0.1) is 23.9 Å². The fourth-order valence-electron chi connectivity index (χ4n) is 1.55. The molecule has 2 aromatic heterocycles. The van der Waals surface area contributed by atoms with Gasteiger partial charge in [0.1, 0.15) is 6.07 Å². The van der Waals surface area contributed by atoms with Gasteiger partial charge in [-0.15, -0.1) is 0 Å². The first-order valence-corrected chi connectivity index (χ1v) is 4.88. The molecule has 0 saturated carbocycles. The van der Waals surface area contributed by atoms with Crippen LogP contribution in [0.25, 0.3) is 11.3 Å². The van der Waals surface area contributed by atoms with Crippen LogP contribution in [-0.4, -0.2) is 23.0 Å². The minimum absolute atomic E-state index is 0.364. The molecule has 0 spiro atoms. The van der Waals surface area contributed by atoms with Crippen molar-refractivity contribution >= 4 is 5.97 Å². The molecule has 0 aliphatic rings. The Labute approximate surface area is 97.7 Å².